The Hall–Kier alpha value is -1.65. The van der Waals surface area contributed by atoms with Crippen LogP contribution in [-0.2, 0) is 4.74 Å². The summed E-state index contributed by atoms with van der Waals surface area (Å²) in [6, 6.07) is 1.53. The number of cyclic esters (lactones) is 1. The highest BCUT2D eigenvalue weighted by Crippen LogP contribution is 2.12. The van der Waals surface area contributed by atoms with Gasteiger partial charge in [-0.15, -0.1) is 0 Å². The first kappa shape index (κ1) is 7.02. The molecule has 0 radical (unpaired) electrons. The van der Waals surface area contributed by atoms with Crippen LogP contribution in [0.2, 0.25) is 0 Å². The topological polar surface area (TPSA) is 64.1 Å². The second-order valence-corrected chi connectivity index (χ2v) is 2.40. The standard InChI is InChI=1S/C7H7N3O2/c11-7-10-5(4-12-7)6-8-2-1-3-9-6/h1-3,5H,4H2,(H,10,11). The largest absolute Gasteiger partial charge is 0.447 e. The van der Waals surface area contributed by atoms with Crippen molar-refractivity contribution in [3.05, 3.63) is 24.3 Å². The Balaban J connectivity index is 2.16. The summed E-state index contributed by atoms with van der Waals surface area (Å²) in [6.07, 6.45) is 2.85. The van der Waals surface area contributed by atoms with Crippen molar-refractivity contribution in [2.45, 2.75) is 6.04 Å². The van der Waals surface area contributed by atoms with Gasteiger partial charge in [-0.3, -0.25) is 0 Å². The zero-order chi connectivity index (χ0) is 8.39. The third-order valence-electron chi connectivity index (χ3n) is 1.57. The number of alkyl carbamates (subject to hydrolysis) is 1. The molecule has 1 aliphatic rings. The monoisotopic (exact) mass is 165 g/mol. The Bertz CT molecular complexity index is 288. The van der Waals surface area contributed by atoms with E-state index in [-0.39, 0.29) is 6.04 Å². The van der Waals surface area contributed by atoms with Gasteiger partial charge in [-0.1, -0.05) is 0 Å². The summed E-state index contributed by atoms with van der Waals surface area (Å²) in [7, 11) is 0. The molecule has 1 atom stereocenters. The van der Waals surface area contributed by atoms with E-state index in [0.29, 0.717) is 12.4 Å². The van der Waals surface area contributed by atoms with Crippen molar-refractivity contribution in [3.63, 3.8) is 0 Å². The molecule has 1 N–H and O–H groups in total. The Labute approximate surface area is 68.8 Å². The van der Waals surface area contributed by atoms with Crippen LogP contribution in [-0.4, -0.2) is 22.7 Å². The lowest BCUT2D eigenvalue weighted by Gasteiger charge is -2.02. The summed E-state index contributed by atoms with van der Waals surface area (Å²) in [5, 5.41) is 2.58. The van der Waals surface area contributed by atoms with Crippen LogP contribution >= 0.6 is 0 Å². The molecular formula is C7H7N3O2. The minimum absolute atomic E-state index is 0.196. The molecule has 0 bridgehead atoms. The Morgan fingerprint density at radius 1 is 1.50 bits per heavy atom. The van der Waals surface area contributed by atoms with Crippen molar-refractivity contribution in [3.8, 4) is 0 Å². The quantitative estimate of drug-likeness (QED) is 0.648. The predicted octanol–water partition coefficient (Wildman–Crippen LogP) is 0.258. The second kappa shape index (κ2) is 2.77. The molecule has 0 saturated carbocycles. The molecule has 1 aliphatic heterocycles. The number of nitrogens with one attached hydrogen (secondary N) is 1. The Morgan fingerprint density at radius 2 is 2.25 bits per heavy atom. The molecule has 1 unspecified atom stereocenters. The number of aromatic nitrogens is 2. The number of hydrogen-bond acceptors (Lipinski definition) is 4. The molecule has 62 valence electrons. The molecule has 1 saturated heterocycles. The van der Waals surface area contributed by atoms with Gasteiger partial charge < -0.3 is 10.1 Å². The predicted molar refractivity (Wildman–Crippen MR) is 39.3 cm³/mol. The van der Waals surface area contributed by atoms with Crippen LogP contribution in [0.15, 0.2) is 18.5 Å². The van der Waals surface area contributed by atoms with E-state index in [1.54, 1.807) is 18.5 Å². The fourth-order valence-corrected chi connectivity index (χ4v) is 1.01. The smallest absolute Gasteiger partial charge is 0.407 e. The van der Waals surface area contributed by atoms with Gasteiger partial charge in [0.2, 0.25) is 0 Å². The van der Waals surface area contributed by atoms with Crippen LogP contribution in [0.4, 0.5) is 4.79 Å². The first-order valence-corrected chi connectivity index (χ1v) is 3.56. The Kier molecular flexibility index (Phi) is 1.62. The first-order chi connectivity index (χ1) is 5.86. The van der Waals surface area contributed by atoms with Crippen LogP contribution in [0, 0.1) is 0 Å². The SMILES string of the molecule is O=C1NC(c2ncccn2)CO1. The molecule has 5 heteroatoms. The number of hydrogen-bond donors (Lipinski definition) is 1. The van der Waals surface area contributed by atoms with E-state index in [4.69, 9.17) is 0 Å². The van der Waals surface area contributed by atoms with Gasteiger partial charge in [0.25, 0.3) is 0 Å². The van der Waals surface area contributed by atoms with Gasteiger partial charge >= 0.3 is 6.09 Å². The van der Waals surface area contributed by atoms with Crippen molar-refractivity contribution in [2.75, 3.05) is 6.61 Å². The highest BCUT2D eigenvalue weighted by molar-refractivity contribution is 5.69. The number of rotatable bonds is 1. The van der Waals surface area contributed by atoms with Gasteiger partial charge in [0, 0.05) is 12.4 Å². The average molecular weight is 165 g/mol. The molecule has 2 heterocycles. The van der Waals surface area contributed by atoms with Crippen molar-refractivity contribution in [1.82, 2.24) is 15.3 Å². The van der Waals surface area contributed by atoms with Crippen molar-refractivity contribution >= 4 is 6.09 Å². The normalized spacial score (nSPS) is 21.7. The number of amides is 1. The highest BCUT2D eigenvalue weighted by Gasteiger charge is 2.25. The Morgan fingerprint density at radius 3 is 2.83 bits per heavy atom. The summed E-state index contributed by atoms with van der Waals surface area (Å²) in [5.74, 6) is 0.586. The lowest BCUT2D eigenvalue weighted by Crippen LogP contribution is -2.20. The maximum absolute atomic E-state index is 10.6. The summed E-state index contributed by atoms with van der Waals surface area (Å²) in [6.45, 7) is 0.308. The number of nitrogens with zero attached hydrogens (tertiary/aromatic N) is 2. The molecule has 0 aliphatic carbocycles. The van der Waals surface area contributed by atoms with Gasteiger partial charge in [-0.25, -0.2) is 14.8 Å². The average Bonchev–Trinajstić information content (AvgIpc) is 2.54. The zero-order valence-electron chi connectivity index (χ0n) is 6.23. The molecular weight excluding hydrogens is 158 g/mol. The molecule has 1 amide bonds. The second-order valence-electron chi connectivity index (χ2n) is 2.40. The number of ether oxygens (including phenoxy) is 1. The number of carbonyl (C=O) groups excluding carboxylic acids is 1. The fourth-order valence-electron chi connectivity index (χ4n) is 1.01. The molecule has 1 fully saturated rings. The van der Waals surface area contributed by atoms with Crippen LogP contribution in [0.3, 0.4) is 0 Å². The van der Waals surface area contributed by atoms with Gasteiger partial charge in [0.15, 0.2) is 5.82 Å². The molecule has 12 heavy (non-hydrogen) atoms. The lowest BCUT2D eigenvalue weighted by atomic mass is 10.3. The summed E-state index contributed by atoms with van der Waals surface area (Å²) in [4.78, 5) is 18.6. The molecule has 5 nitrogen and oxygen atoms in total. The van der Waals surface area contributed by atoms with Crippen LogP contribution < -0.4 is 5.32 Å². The molecule has 1 aromatic heterocycles. The van der Waals surface area contributed by atoms with E-state index >= 15 is 0 Å². The van der Waals surface area contributed by atoms with Crippen LogP contribution in [0.25, 0.3) is 0 Å². The van der Waals surface area contributed by atoms with Crippen molar-refractivity contribution < 1.29 is 9.53 Å². The van der Waals surface area contributed by atoms with Crippen molar-refractivity contribution in [1.29, 1.82) is 0 Å². The molecule has 0 spiro atoms. The van der Waals surface area contributed by atoms with E-state index in [9.17, 15) is 4.79 Å². The zero-order valence-corrected chi connectivity index (χ0v) is 6.23. The van der Waals surface area contributed by atoms with E-state index in [1.165, 1.54) is 0 Å². The van der Waals surface area contributed by atoms with Crippen LogP contribution in [0.5, 0.6) is 0 Å². The molecule has 2 rings (SSSR count). The first-order valence-electron chi connectivity index (χ1n) is 3.56. The van der Waals surface area contributed by atoms with E-state index in [0.717, 1.165) is 0 Å². The summed E-state index contributed by atoms with van der Waals surface area (Å²) >= 11 is 0. The maximum atomic E-state index is 10.6. The van der Waals surface area contributed by atoms with E-state index < -0.39 is 6.09 Å². The fraction of sp³-hybridized carbons (Fsp3) is 0.286. The van der Waals surface area contributed by atoms with Gasteiger partial charge in [0.05, 0.1) is 0 Å². The van der Waals surface area contributed by atoms with Crippen molar-refractivity contribution in [2.24, 2.45) is 0 Å². The summed E-state index contributed by atoms with van der Waals surface area (Å²) in [5.41, 5.74) is 0. The van der Waals surface area contributed by atoms with Gasteiger partial charge in [0.1, 0.15) is 12.6 Å². The molecule has 0 aromatic carbocycles. The third-order valence-corrected chi connectivity index (χ3v) is 1.57. The lowest BCUT2D eigenvalue weighted by molar-refractivity contribution is 0.176. The van der Waals surface area contributed by atoms with E-state index in [2.05, 4.69) is 20.0 Å². The van der Waals surface area contributed by atoms with Crippen LogP contribution in [0.1, 0.15) is 11.9 Å². The highest BCUT2D eigenvalue weighted by atomic mass is 16.6. The minimum atomic E-state index is -0.410. The summed E-state index contributed by atoms with van der Waals surface area (Å²) < 4.78 is 4.69. The number of carbonyl (C=O) groups is 1. The third kappa shape index (κ3) is 1.20. The minimum Gasteiger partial charge on any atom is -0.447 e. The van der Waals surface area contributed by atoms with E-state index in [1.807, 2.05) is 0 Å². The van der Waals surface area contributed by atoms with Gasteiger partial charge in [-0.2, -0.15) is 0 Å². The maximum Gasteiger partial charge on any atom is 0.407 e. The van der Waals surface area contributed by atoms with Gasteiger partial charge in [-0.05, 0) is 6.07 Å². The molecule has 1 aromatic rings.